The Morgan fingerprint density at radius 3 is 2.48 bits per heavy atom. The van der Waals surface area contributed by atoms with Crippen molar-refractivity contribution in [3.05, 3.63) is 33.1 Å². The summed E-state index contributed by atoms with van der Waals surface area (Å²) in [6.07, 6.45) is 0. The second-order valence-electron chi connectivity index (χ2n) is 4.00. The number of hydrogen-bond acceptors (Lipinski definition) is 7. The SMILES string of the molecule is CCON.CCON=c1sc2cc([N+](=O)[O-])ccc2n1CC.Cl. The summed E-state index contributed by atoms with van der Waals surface area (Å²) in [4.78, 5) is 20.1. The Hall–Kier alpha value is -1.68. The number of nitro benzene ring substituents is 1. The summed E-state index contributed by atoms with van der Waals surface area (Å²) in [5.41, 5.74) is 1.03. The van der Waals surface area contributed by atoms with Gasteiger partial charge in [0.25, 0.3) is 5.69 Å². The van der Waals surface area contributed by atoms with Crippen LogP contribution in [0.25, 0.3) is 10.2 Å². The van der Waals surface area contributed by atoms with E-state index in [9.17, 15) is 10.1 Å². The van der Waals surface area contributed by atoms with E-state index in [1.165, 1.54) is 17.4 Å². The van der Waals surface area contributed by atoms with Crippen LogP contribution < -0.4 is 10.7 Å². The van der Waals surface area contributed by atoms with Gasteiger partial charge in [-0.3, -0.25) is 10.1 Å². The maximum Gasteiger partial charge on any atom is 0.270 e. The first kappa shape index (κ1) is 21.3. The topological polar surface area (TPSA) is 105 Å². The molecular weight excluding hydrogens is 344 g/mol. The molecule has 0 aliphatic rings. The Morgan fingerprint density at radius 2 is 2.00 bits per heavy atom. The summed E-state index contributed by atoms with van der Waals surface area (Å²) >= 11 is 1.39. The molecule has 0 saturated heterocycles. The summed E-state index contributed by atoms with van der Waals surface area (Å²) < 4.78 is 2.81. The largest absolute Gasteiger partial charge is 0.394 e. The number of fused-ring (bicyclic) bond motifs is 1. The molecule has 0 spiro atoms. The van der Waals surface area contributed by atoms with E-state index in [0.717, 1.165) is 21.6 Å². The lowest BCUT2D eigenvalue weighted by Crippen LogP contribution is -2.13. The van der Waals surface area contributed by atoms with Crippen molar-refractivity contribution >= 4 is 39.6 Å². The Labute approximate surface area is 144 Å². The molecule has 1 heterocycles. The molecule has 0 aliphatic heterocycles. The Kier molecular flexibility index (Phi) is 10.1. The maximum absolute atomic E-state index is 10.7. The molecule has 0 saturated carbocycles. The zero-order valence-corrected chi connectivity index (χ0v) is 14.9. The summed E-state index contributed by atoms with van der Waals surface area (Å²) in [6, 6.07) is 4.82. The van der Waals surface area contributed by atoms with Gasteiger partial charge in [-0.1, -0.05) is 16.5 Å². The highest BCUT2D eigenvalue weighted by Gasteiger charge is 2.11. The average molecular weight is 365 g/mol. The number of nitrogens with two attached hydrogens (primary N) is 1. The van der Waals surface area contributed by atoms with Gasteiger partial charge in [0.2, 0.25) is 4.80 Å². The Bertz CT molecular complexity index is 684. The van der Waals surface area contributed by atoms with Crippen LogP contribution in [0, 0.1) is 10.1 Å². The van der Waals surface area contributed by atoms with E-state index in [2.05, 4.69) is 15.9 Å². The van der Waals surface area contributed by atoms with Crippen LogP contribution in [0.1, 0.15) is 20.8 Å². The molecule has 23 heavy (non-hydrogen) atoms. The van der Waals surface area contributed by atoms with Gasteiger partial charge < -0.3 is 14.2 Å². The van der Waals surface area contributed by atoms with Crippen LogP contribution in [0.3, 0.4) is 0 Å². The molecular formula is C13H21ClN4O4S. The van der Waals surface area contributed by atoms with E-state index >= 15 is 0 Å². The van der Waals surface area contributed by atoms with Crippen LogP contribution in [-0.2, 0) is 16.2 Å². The minimum Gasteiger partial charge on any atom is -0.394 e. The van der Waals surface area contributed by atoms with Crippen LogP contribution in [-0.4, -0.2) is 22.7 Å². The average Bonchev–Trinajstić information content (AvgIpc) is 2.89. The number of non-ortho nitro benzene ring substituents is 1. The van der Waals surface area contributed by atoms with Gasteiger partial charge in [0, 0.05) is 18.7 Å². The molecule has 0 unspecified atom stereocenters. The van der Waals surface area contributed by atoms with E-state index in [-0.39, 0.29) is 18.1 Å². The van der Waals surface area contributed by atoms with Crippen LogP contribution >= 0.6 is 23.7 Å². The number of aryl methyl sites for hydroxylation is 1. The zero-order chi connectivity index (χ0) is 16.5. The molecule has 2 aromatic rings. The van der Waals surface area contributed by atoms with Crippen molar-refractivity contribution in [2.45, 2.75) is 27.3 Å². The monoisotopic (exact) mass is 364 g/mol. The summed E-state index contributed by atoms with van der Waals surface area (Å²) in [6.45, 7) is 7.53. The zero-order valence-electron chi connectivity index (χ0n) is 13.2. The van der Waals surface area contributed by atoms with Crippen LogP contribution in [0.4, 0.5) is 5.69 Å². The van der Waals surface area contributed by atoms with Gasteiger partial charge in [-0.05, 0) is 26.8 Å². The number of nitro groups is 1. The van der Waals surface area contributed by atoms with Gasteiger partial charge in [-0.2, -0.15) is 0 Å². The minimum atomic E-state index is -0.394. The van der Waals surface area contributed by atoms with Crippen LogP contribution in [0.2, 0.25) is 0 Å². The van der Waals surface area contributed by atoms with Crippen molar-refractivity contribution in [3.63, 3.8) is 0 Å². The van der Waals surface area contributed by atoms with Gasteiger partial charge in [0.15, 0.2) is 0 Å². The quantitative estimate of drug-likeness (QED) is 0.648. The first-order valence-corrected chi connectivity index (χ1v) is 7.66. The second kappa shape index (κ2) is 10.9. The number of nitrogens with zero attached hydrogens (tertiary/aromatic N) is 3. The highest BCUT2D eigenvalue weighted by molar-refractivity contribution is 7.16. The van der Waals surface area contributed by atoms with Crippen molar-refractivity contribution in [3.8, 4) is 0 Å². The molecule has 0 radical (unpaired) electrons. The fourth-order valence-corrected chi connectivity index (χ4v) is 2.76. The molecule has 10 heteroatoms. The molecule has 0 fully saturated rings. The molecule has 130 valence electrons. The number of hydrogen-bond donors (Lipinski definition) is 1. The van der Waals surface area contributed by atoms with Gasteiger partial charge in [-0.25, -0.2) is 5.90 Å². The number of rotatable bonds is 5. The third-order valence-corrected chi connectivity index (χ3v) is 3.66. The van der Waals surface area contributed by atoms with Gasteiger partial charge >= 0.3 is 0 Å². The van der Waals surface area contributed by atoms with Gasteiger partial charge in [-0.15, -0.1) is 12.4 Å². The summed E-state index contributed by atoms with van der Waals surface area (Å²) in [5.74, 6) is 4.53. The lowest BCUT2D eigenvalue weighted by Gasteiger charge is -1.99. The van der Waals surface area contributed by atoms with Crippen LogP contribution in [0.5, 0.6) is 0 Å². The summed E-state index contributed by atoms with van der Waals surface area (Å²) in [7, 11) is 0. The Balaban J connectivity index is 0.000000871. The predicted molar refractivity (Wildman–Crippen MR) is 92.4 cm³/mol. The van der Waals surface area contributed by atoms with E-state index in [1.54, 1.807) is 12.1 Å². The van der Waals surface area contributed by atoms with E-state index < -0.39 is 4.92 Å². The van der Waals surface area contributed by atoms with Crippen LogP contribution in [0.15, 0.2) is 23.4 Å². The smallest absolute Gasteiger partial charge is 0.270 e. The standard InChI is InChI=1S/C11H13N3O3S.C2H7NO.ClH/c1-3-13-9-6-5-8(14(15)16)7-10(9)18-11(13)12-17-4-2;1-2-4-3;/h5-7H,3-4H2,1-2H3;2-3H2,1H3;1H. The lowest BCUT2D eigenvalue weighted by atomic mass is 10.3. The molecule has 2 rings (SSSR count). The molecule has 8 nitrogen and oxygen atoms in total. The lowest BCUT2D eigenvalue weighted by molar-refractivity contribution is -0.384. The predicted octanol–water partition coefficient (Wildman–Crippen LogP) is 2.80. The molecule has 2 N–H and O–H groups in total. The third-order valence-electron chi connectivity index (χ3n) is 2.63. The third kappa shape index (κ3) is 5.79. The number of benzene rings is 1. The Morgan fingerprint density at radius 1 is 1.35 bits per heavy atom. The van der Waals surface area contributed by atoms with E-state index in [1.807, 2.05) is 25.3 Å². The minimum absolute atomic E-state index is 0. The van der Waals surface area contributed by atoms with Crippen molar-refractivity contribution in [1.82, 2.24) is 4.57 Å². The molecule has 0 amide bonds. The first-order chi connectivity index (χ1) is 10.6. The highest BCUT2D eigenvalue weighted by Crippen LogP contribution is 2.23. The van der Waals surface area contributed by atoms with Crippen molar-refractivity contribution in [2.75, 3.05) is 13.2 Å². The van der Waals surface area contributed by atoms with Crippen molar-refractivity contribution in [1.29, 1.82) is 0 Å². The normalized spacial score (nSPS) is 10.7. The molecule has 0 atom stereocenters. The van der Waals surface area contributed by atoms with Gasteiger partial charge in [0.05, 0.1) is 21.7 Å². The fraction of sp³-hybridized carbons (Fsp3) is 0.462. The summed E-state index contributed by atoms with van der Waals surface area (Å²) in [5, 5.41) is 14.8. The number of aromatic nitrogens is 1. The fourth-order valence-electron chi connectivity index (χ4n) is 1.67. The van der Waals surface area contributed by atoms with E-state index in [0.29, 0.717) is 13.2 Å². The van der Waals surface area contributed by atoms with E-state index in [4.69, 9.17) is 4.84 Å². The van der Waals surface area contributed by atoms with Crippen molar-refractivity contribution < 1.29 is 14.6 Å². The van der Waals surface area contributed by atoms with Crippen molar-refractivity contribution in [2.24, 2.45) is 11.1 Å². The second-order valence-corrected chi connectivity index (χ2v) is 5.01. The molecule has 0 bridgehead atoms. The number of thiazole rings is 1. The first-order valence-electron chi connectivity index (χ1n) is 6.84. The molecule has 1 aromatic heterocycles. The molecule has 0 aliphatic carbocycles. The maximum atomic E-state index is 10.7. The van der Waals surface area contributed by atoms with Gasteiger partial charge in [0.1, 0.15) is 6.61 Å². The number of halogens is 1. The molecule has 1 aromatic carbocycles. The highest BCUT2D eigenvalue weighted by atomic mass is 35.5.